The SMILES string of the molecule is CC(c1ccccc1)N(C)C(=O)CSC(N)=NN. The maximum Gasteiger partial charge on any atom is 0.233 e. The molecule has 1 atom stereocenters. The van der Waals surface area contributed by atoms with Crippen molar-refractivity contribution < 1.29 is 4.79 Å². The van der Waals surface area contributed by atoms with Gasteiger partial charge < -0.3 is 16.5 Å². The zero-order valence-corrected chi connectivity index (χ0v) is 11.4. The molecule has 18 heavy (non-hydrogen) atoms. The predicted molar refractivity (Wildman–Crippen MR) is 75.9 cm³/mol. The summed E-state index contributed by atoms with van der Waals surface area (Å²) in [5, 5.41) is 3.52. The molecule has 0 saturated carbocycles. The lowest BCUT2D eigenvalue weighted by Gasteiger charge is -2.25. The number of amides is 1. The number of rotatable bonds is 4. The van der Waals surface area contributed by atoms with Crippen LogP contribution in [0.1, 0.15) is 18.5 Å². The number of hydrogen-bond acceptors (Lipinski definition) is 4. The summed E-state index contributed by atoms with van der Waals surface area (Å²) in [6.45, 7) is 1.98. The van der Waals surface area contributed by atoms with Crippen LogP contribution in [-0.4, -0.2) is 28.8 Å². The van der Waals surface area contributed by atoms with Crippen molar-refractivity contribution in [1.29, 1.82) is 0 Å². The van der Waals surface area contributed by atoms with Gasteiger partial charge in [0.25, 0.3) is 0 Å². The Bertz CT molecular complexity index is 421. The Morgan fingerprint density at radius 1 is 1.44 bits per heavy atom. The van der Waals surface area contributed by atoms with Crippen LogP contribution in [0.2, 0.25) is 0 Å². The third kappa shape index (κ3) is 3.96. The third-order valence-corrected chi connectivity index (χ3v) is 3.52. The molecule has 1 aromatic carbocycles. The van der Waals surface area contributed by atoms with Crippen LogP contribution in [0.25, 0.3) is 0 Å². The molecule has 0 radical (unpaired) electrons. The minimum absolute atomic E-state index is 0.0112. The standard InChI is InChI=1S/C12H18N4OS/c1-9(10-6-4-3-5-7-10)16(2)11(17)8-18-12(13)15-14/h3-7,9H,8,14H2,1-2H3,(H2,13,15). The van der Waals surface area contributed by atoms with Gasteiger partial charge in [-0.05, 0) is 12.5 Å². The van der Waals surface area contributed by atoms with E-state index in [0.29, 0.717) is 0 Å². The Labute approximate surface area is 111 Å². The van der Waals surface area contributed by atoms with Crippen molar-refractivity contribution in [2.45, 2.75) is 13.0 Å². The summed E-state index contributed by atoms with van der Waals surface area (Å²) in [6, 6.07) is 9.88. The van der Waals surface area contributed by atoms with Crippen LogP contribution in [0.4, 0.5) is 0 Å². The second kappa shape index (κ2) is 6.90. The van der Waals surface area contributed by atoms with Gasteiger partial charge in [0.1, 0.15) is 0 Å². The van der Waals surface area contributed by atoms with Crippen molar-refractivity contribution in [3.63, 3.8) is 0 Å². The summed E-state index contributed by atoms with van der Waals surface area (Å²) < 4.78 is 0. The van der Waals surface area contributed by atoms with E-state index in [-0.39, 0.29) is 22.9 Å². The highest BCUT2D eigenvalue weighted by Crippen LogP contribution is 2.19. The first-order valence-corrected chi connectivity index (χ1v) is 6.51. The fraction of sp³-hybridized carbons (Fsp3) is 0.333. The first-order valence-electron chi connectivity index (χ1n) is 5.53. The van der Waals surface area contributed by atoms with E-state index in [0.717, 1.165) is 17.3 Å². The Balaban J connectivity index is 2.58. The van der Waals surface area contributed by atoms with E-state index >= 15 is 0 Å². The van der Waals surface area contributed by atoms with Crippen LogP contribution < -0.4 is 11.6 Å². The number of nitrogens with zero attached hydrogens (tertiary/aromatic N) is 2. The van der Waals surface area contributed by atoms with Crippen LogP contribution in [-0.2, 0) is 4.79 Å². The Hall–Kier alpha value is -1.69. The summed E-state index contributed by atoms with van der Waals surface area (Å²) in [5.41, 5.74) is 6.52. The van der Waals surface area contributed by atoms with Crippen molar-refractivity contribution in [2.24, 2.45) is 16.7 Å². The minimum Gasteiger partial charge on any atom is -0.377 e. The molecule has 1 rings (SSSR count). The second-order valence-corrected chi connectivity index (χ2v) is 4.84. The number of thioether (sulfide) groups is 1. The fourth-order valence-electron chi connectivity index (χ4n) is 1.45. The average molecular weight is 266 g/mol. The molecule has 0 aliphatic rings. The van der Waals surface area contributed by atoms with E-state index in [1.807, 2.05) is 37.3 Å². The first kappa shape index (κ1) is 14.4. The predicted octanol–water partition coefficient (Wildman–Crippen LogP) is 1.13. The lowest BCUT2D eigenvalue weighted by atomic mass is 10.1. The van der Waals surface area contributed by atoms with E-state index < -0.39 is 0 Å². The number of carbonyl (C=O) groups excluding carboxylic acids is 1. The number of amidine groups is 1. The molecule has 0 fully saturated rings. The summed E-state index contributed by atoms with van der Waals surface area (Å²) in [5.74, 6) is 5.23. The number of hydrazone groups is 1. The normalized spacial score (nSPS) is 13.1. The molecule has 1 amide bonds. The van der Waals surface area contributed by atoms with Gasteiger partial charge in [-0.3, -0.25) is 4.79 Å². The van der Waals surface area contributed by atoms with Crippen molar-refractivity contribution in [3.05, 3.63) is 35.9 Å². The zero-order chi connectivity index (χ0) is 13.5. The molecule has 5 nitrogen and oxygen atoms in total. The van der Waals surface area contributed by atoms with Gasteiger partial charge in [-0.2, -0.15) is 5.10 Å². The van der Waals surface area contributed by atoms with Gasteiger partial charge in [0.05, 0.1) is 11.8 Å². The lowest BCUT2D eigenvalue weighted by molar-refractivity contribution is -0.128. The molecule has 98 valence electrons. The maximum atomic E-state index is 11.9. The highest BCUT2D eigenvalue weighted by molar-refractivity contribution is 8.14. The van der Waals surface area contributed by atoms with E-state index in [4.69, 9.17) is 11.6 Å². The molecule has 0 aliphatic heterocycles. The summed E-state index contributed by atoms with van der Waals surface area (Å²) in [7, 11) is 1.77. The molecule has 0 aliphatic carbocycles. The van der Waals surface area contributed by atoms with Crippen LogP contribution in [0, 0.1) is 0 Å². The molecule has 4 N–H and O–H groups in total. The van der Waals surface area contributed by atoms with Crippen molar-refractivity contribution >= 4 is 22.8 Å². The van der Waals surface area contributed by atoms with E-state index in [1.54, 1.807) is 11.9 Å². The van der Waals surface area contributed by atoms with Gasteiger partial charge in [0, 0.05) is 7.05 Å². The Kier molecular flexibility index (Phi) is 5.51. The van der Waals surface area contributed by atoms with Gasteiger partial charge in [-0.15, -0.1) is 0 Å². The molecule has 0 bridgehead atoms. The monoisotopic (exact) mass is 266 g/mol. The molecule has 1 unspecified atom stereocenters. The summed E-state index contributed by atoms with van der Waals surface area (Å²) in [6.07, 6.45) is 0. The molecule has 0 aromatic heterocycles. The largest absolute Gasteiger partial charge is 0.377 e. The van der Waals surface area contributed by atoms with Crippen LogP contribution in [0.15, 0.2) is 35.4 Å². The van der Waals surface area contributed by atoms with E-state index in [2.05, 4.69) is 5.10 Å². The van der Waals surface area contributed by atoms with E-state index in [1.165, 1.54) is 0 Å². The van der Waals surface area contributed by atoms with Gasteiger partial charge in [-0.1, -0.05) is 42.1 Å². The van der Waals surface area contributed by atoms with E-state index in [9.17, 15) is 4.79 Å². The topological polar surface area (TPSA) is 84.7 Å². The Morgan fingerprint density at radius 2 is 2.06 bits per heavy atom. The molecule has 6 heteroatoms. The van der Waals surface area contributed by atoms with Gasteiger partial charge in [0.15, 0.2) is 5.17 Å². The van der Waals surface area contributed by atoms with Crippen molar-refractivity contribution in [1.82, 2.24) is 4.90 Å². The third-order valence-electron chi connectivity index (χ3n) is 2.73. The number of hydrogen-bond donors (Lipinski definition) is 2. The fourth-order valence-corrected chi connectivity index (χ4v) is 2.00. The highest BCUT2D eigenvalue weighted by Gasteiger charge is 2.17. The minimum atomic E-state index is -0.0112. The molecular formula is C12H18N4OS. The lowest BCUT2D eigenvalue weighted by Crippen LogP contribution is -2.31. The average Bonchev–Trinajstić information content (AvgIpc) is 2.43. The van der Waals surface area contributed by atoms with Gasteiger partial charge >= 0.3 is 0 Å². The van der Waals surface area contributed by atoms with Gasteiger partial charge in [-0.25, -0.2) is 0 Å². The smallest absolute Gasteiger partial charge is 0.233 e. The number of benzene rings is 1. The molecule has 0 spiro atoms. The van der Waals surface area contributed by atoms with Crippen molar-refractivity contribution in [2.75, 3.05) is 12.8 Å². The van der Waals surface area contributed by atoms with Gasteiger partial charge in [0.2, 0.25) is 5.91 Å². The first-order chi connectivity index (χ1) is 8.56. The second-order valence-electron chi connectivity index (χ2n) is 3.85. The molecular weight excluding hydrogens is 248 g/mol. The maximum absolute atomic E-state index is 11.9. The van der Waals surface area contributed by atoms with Crippen LogP contribution >= 0.6 is 11.8 Å². The molecule has 0 saturated heterocycles. The summed E-state index contributed by atoms with van der Waals surface area (Å²) in [4.78, 5) is 13.6. The highest BCUT2D eigenvalue weighted by atomic mass is 32.2. The molecule has 1 aromatic rings. The quantitative estimate of drug-likeness (QED) is 0.370. The number of nitrogens with two attached hydrogens (primary N) is 2. The Morgan fingerprint density at radius 3 is 2.61 bits per heavy atom. The molecule has 0 heterocycles. The van der Waals surface area contributed by atoms with Crippen molar-refractivity contribution in [3.8, 4) is 0 Å². The van der Waals surface area contributed by atoms with Crippen LogP contribution in [0.3, 0.4) is 0 Å². The zero-order valence-electron chi connectivity index (χ0n) is 10.5. The number of carbonyl (C=O) groups is 1. The van der Waals surface area contributed by atoms with Crippen LogP contribution in [0.5, 0.6) is 0 Å². The summed E-state index contributed by atoms with van der Waals surface area (Å²) >= 11 is 1.14.